The first kappa shape index (κ1) is 20.5. The zero-order chi connectivity index (χ0) is 19.3. The summed E-state index contributed by atoms with van der Waals surface area (Å²) in [6, 6.07) is 5.58. The van der Waals surface area contributed by atoms with Crippen molar-refractivity contribution in [2.24, 2.45) is 0 Å². The molecule has 1 heterocycles. The number of para-hydroxylation sites is 1. The monoisotopic (exact) mass is 373 g/mol. The van der Waals surface area contributed by atoms with Gasteiger partial charge >= 0.3 is 6.36 Å². The second kappa shape index (κ2) is 8.73. The maximum absolute atomic E-state index is 12.7. The number of ether oxygens (including phenoxy) is 1. The van der Waals surface area contributed by atoms with E-state index in [1.54, 1.807) is 31.0 Å². The van der Waals surface area contributed by atoms with E-state index in [4.69, 9.17) is 0 Å². The van der Waals surface area contributed by atoms with Crippen LogP contribution in [-0.4, -0.2) is 72.8 Å². The lowest BCUT2D eigenvalue weighted by molar-refractivity contribution is -0.275. The quantitative estimate of drug-likeness (QED) is 0.768. The van der Waals surface area contributed by atoms with Crippen LogP contribution in [0.2, 0.25) is 0 Å². The molecule has 2 rings (SSSR count). The number of amides is 1. The molecule has 146 valence electrons. The fourth-order valence-electron chi connectivity index (χ4n) is 3.00. The average molecular weight is 373 g/mol. The van der Waals surface area contributed by atoms with Crippen LogP contribution in [0.1, 0.15) is 19.4 Å². The lowest BCUT2D eigenvalue weighted by Crippen LogP contribution is -2.53. The molecule has 0 radical (unpaired) electrons. The third-order valence-electron chi connectivity index (χ3n) is 4.77. The first-order valence-electron chi connectivity index (χ1n) is 8.76. The van der Waals surface area contributed by atoms with Crippen LogP contribution in [0.4, 0.5) is 13.2 Å². The molecule has 1 aromatic rings. The molecule has 0 aromatic heterocycles. The molecule has 1 aromatic carbocycles. The normalized spacial score (nSPS) is 17.4. The van der Waals surface area contributed by atoms with Gasteiger partial charge in [0.25, 0.3) is 0 Å². The molecule has 1 aliphatic heterocycles. The smallest absolute Gasteiger partial charge is 0.405 e. The largest absolute Gasteiger partial charge is 0.573 e. The number of hydrogen-bond acceptors (Lipinski definition) is 4. The Kier molecular flexibility index (Phi) is 6.88. The van der Waals surface area contributed by atoms with Crippen LogP contribution < -0.4 is 4.74 Å². The van der Waals surface area contributed by atoms with Crippen molar-refractivity contribution < 1.29 is 22.7 Å². The number of carbonyl (C=O) groups is 1. The van der Waals surface area contributed by atoms with Gasteiger partial charge in [0.05, 0.1) is 6.04 Å². The first-order chi connectivity index (χ1) is 12.2. The Bertz CT molecular complexity index is 602. The van der Waals surface area contributed by atoms with Gasteiger partial charge in [0.15, 0.2) is 0 Å². The van der Waals surface area contributed by atoms with Gasteiger partial charge in [0.1, 0.15) is 5.75 Å². The van der Waals surface area contributed by atoms with Crippen molar-refractivity contribution in [3.63, 3.8) is 0 Å². The SMILES string of the molecule is CCN1CCN(C(=O)C(C)N(C)Cc2ccccc2OC(F)(F)F)CC1. The highest BCUT2D eigenvalue weighted by Crippen LogP contribution is 2.27. The summed E-state index contributed by atoms with van der Waals surface area (Å²) in [6.07, 6.45) is -4.74. The molecule has 1 saturated heterocycles. The Balaban J connectivity index is 1.99. The van der Waals surface area contributed by atoms with Crippen molar-refractivity contribution in [2.75, 3.05) is 39.8 Å². The number of likely N-dealkylation sites (N-methyl/N-ethyl adjacent to an activating group) is 2. The molecule has 0 bridgehead atoms. The third-order valence-corrected chi connectivity index (χ3v) is 4.77. The van der Waals surface area contributed by atoms with E-state index in [1.807, 2.05) is 4.90 Å². The number of piperazine rings is 1. The summed E-state index contributed by atoms with van der Waals surface area (Å²) < 4.78 is 41.7. The number of halogens is 3. The summed E-state index contributed by atoms with van der Waals surface area (Å²) >= 11 is 0. The van der Waals surface area contributed by atoms with Crippen molar-refractivity contribution in [2.45, 2.75) is 32.8 Å². The fourth-order valence-corrected chi connectivity index (χ4v) is 3.00. The molecule has 5 nitrogen and oxygen atoms in total. The van der Waals surface area contributed by atoms with Gasteiger partial charge in [-0.25, -0.2) is 0 Å². The van der Waals surface area contributed by atoms with Gasteiger partial charge in [-0.05, 0) is 26.6 Å². The number of benzene rings is 1. The lowest BCUT2D eigenvalue weighted by Gasteiger charge is -2.37. The van der Waals surface area contributed by atoms with Gasteiger partial charge in [0.2, 0.25) is 5.91 Å². The van der Waals surface area contributed by atoms with E-state index in [0.29, 0.717) is 18.7 Å². The second-order valence-electron chi connectivity index (χ2n) is 6.51. The average Bonchev–Trinajstić information content (AvgIpc) is 2.61. The summed E-state index contributed by atoms with van der Waals surface area (Å²) in [5.41, 5.74) is 0.391. The van der Waals surface area contributed by atoms with Crippen LogP contribution in [-0.2, 0) is 11.3 Å². The molecule has 1 atom stereocenters. The Labute approximate surface area is 152 Å². The van der Waals surface area contributed by atoms with Gasteiger partial charge in [-0.3, -0.25) is 9.69 Å². The molecule has 26 heavy (non-hydrogen) atoms. The van der Waals surface area contributed by atoms with E-state index in [1.165, 1.54) is 12.1 Å². The van der Waals surface area contributed by atoms with E-state index in [-0.39, 0.29) is 18.2 Å². The predicted octanol–water partition coefficient (Wildman–Crippen LogP) is 2.57. The minimum absolute atomic E-state index is 0.00234. The molecule has 1 fully saturated rings. The molecule has 1 aliphatic rings. The summed E-state index contributed by atoms with van der Waals surface area (Å²) in [7, 11) is 1.73. The molecule has 1 unspecified atom stereocenters. The zero-order valence-corrected chi connectivity index (χ0v) is 15.4. The number of rotatable bonds is 6. The lowest BCUT2D eigenvalue weighted by atomic mass is 10.1. The van der Waals surface area contributed by atoms with E-state index in [0.717, 1.165) is 19.6 Å². The maximum Gasteiger partial charge on any atom is 0.573 e. The Hall–Kier alpha value is -1.80. The van der Waals surface area contributed by atoms with E-state index in [2.05, 4.69) is 16.6 Å². The molecule has 1 amide bonds. The highest BCUT2D eigenvalue weighted by molar-refractivity contribution is 5.81. The van der Waals surface area contributed by atoms with Crippen LogP contribution in [0.25, 0.3) is 0 Å². The van der Waals surface area contributed by atoms with Crippen molar-refractivity contribution in [1.29, 1.82) is 0 Å². The standard InChI is InChI=1S/C18H26F3N3O2/c1-4-23-9-11-24(12-10-23)17(25)14(2)22(3)13-15-7-5-6-8-16(15)26-18(19,20)21/h5-8,14H,4,9-13H2,1-3H3. The van der Waals surface area contributed by atoms with Crippen LogP contribution in [0.3, 0.4) is 0 Å². The topological polar surface area (TPSA) is 36.0 Å². The number of alkyl halides is 3. The first-order valence-corrected chi connectivity index (χ1v) is 8.76. The van der Waals surface area contributed by atoms with Gasteiger partial charge in [-0.15, -0.1) is 13.2 Å². The van der Waals surface area contributed by atoms with Gasteiger partial charge in [0, 0.05) is 38.3 Å². The summed E-state index contributed by atoms with van der Waals surface area (Å²) in [5.74, 6) is -0.236. The van der Waals surface area contributed by atoms with Crippen LogP contribution in [0, 0.1) is 0 Å². The summed E-state index contributed by atoms with van der Waals surface area (Å²) in [5, 5.41) is 0. The molecular weight excluding hydrogens is 347 g/mol. The van der Waals surface area contributed by atoms with Crippen LogP contribution in [0.15, 0.2) is 24.3 Å². The maximum atomic E-state index is 12.7. The third kappa shape index (κ3) is 5.60. The molecular formula is C18H26F3N3O2. The molecule has 0 N–H and O–H groups in total. The van der Waals surface area contributed by atoms with Crippen molar-refractivity contribution in [1.82, 2.24) is 14.7 Å². The number of hydrogen-bond donors (Lipinski definition) is 0. The minimum atomic E-state index is -4.74. The molecule has 8 heteroatoms. The second-order valence-corrected chi connectivity index (χ2v) is 6.51. The van der Waals surface area contributed by atoms with E-state index < -0.39 is 12.4 Å². The predicted molar refractivity (Wildman–Crippen MR) is 92.7 cm³/mol. The van der Waals surface area contributed by atoms with Crippen LogP contribution in [0.5, 0.6) is 5.75 Å². The van der Waals surface area contributed by atoms with Gasteiger partial charge < -0.3 is 14.5 Å². The number of nitrogens with zero attached hydrogens (tertiary/aromatic N) is 3. The Morgan fingerprint density at radius 1 is 1.23 bits per heavy atom. The highest BCUT2D eigenvalue weighted by Gasteiger charge is 2.32. The zero-order valence-electron chi connectivity index (χ0n) is 15.4. The van der Waals surface area contributed by atoms with Crippen molar-refractivity contribution >= 4 is 5.91 Å². The molecule has 0 spiro atoms. The van der Waals surface area contributed by atoms with Crippen molar-refractivity contribution in [3.8, 4) is 5.75 Å². The Morgan fingerprint density at radius 3 is 2.42 bits per heavy atom. The Morgan fingerprint density at radius 2 is 1.85 bits per heavy atom. The van der Waals surface area contributed by atoms with Gasteiger partial charge in [-0.1, -0.05) is 25.1 Å². The van der Waals surface area contributed by atoms with Gasteiger partial charge in [-0.2, -0.15) is 0 Å². The van der Waals surface area contributed by atoms with E-state index >= 15 is 0 Å². The fraction of sp³-hybridized carbons (Fsp3) is 0.611. The summed E-state index contributed by atoms with van der Waals surface area (Å²) in [4.78, 5) is 18.5. The van der Waals surface area contributed by atoms with Crippen molar-refractivity contribution in [3.05, 3.63) is 29.8 Å². The van der Waals surface area contributed by atoms with E-state index in [9.17, 15) is 18.0 Å². The number of carbonyl (C=O) groups excluding carboxylic acids is 1. The van der Waals surface area contributed by atoms with Crippen LogP contribution >= 0.6 is 0 Å². The minimum Gasteiger partial charge on any atom is -0.405 e. The summed E-state index contributed by atoms with van der Waals surface area (Å²) in [6.45, 7) is 8.08. The highest BCUT2D eigenvalue weighted by atomic mass is 19.4. The molecule has 0 aliphatic carbocycles. The molecule has 0 saturated carbocycles.